The highest BCUT2D eigenvalue weighted by Gasteiger charge is 2.53. The number of benzene rings is 1. The summed E-state index contributed by atoms with van der Waals surface area (Å²) in [5.41, 5.74) is 2.43. The molecule has 3 unspecified atom stereocenters. The number of phenolic OH excluding ortho intramolecular Hbond substituents is 1. The van der Waals surface area contributed by atoms with Crippen molar-refractivity contribution in [3.8, 4) is 5.75 Å². The van der Waals surface area contributed by atoms with Gasteiger partial charge in [0.15, 0.2) is 0 Å². The average Bonchev–Trinajstić information content (AvgIpc) is 2.74. The van der Waals surface area contributed by atoms with Crippen LogP contribution in [0.15, 0.2) is 24.3 Å². The normalized spacial score (nSPS) is 38.2. The van der Waals surface area contributed by atoms with Crippen molar-refractivity contribution >= 4 is 11.9 Å². The molecule has 0 heterocycles. The molecule has 0 bridgehead atoms. The topological polar surface area (TPSA) is 37.3 Å². The number of rotatable bonds is 0. The monoisotopic (exact) mass is 268 g/mol. The molecule has 2 nitrogen and oxygen atoms in total. The van der Waals surface area contributed by atoms with Gasteiger partial charge >= 0.3 is 0 Å². The molecule has 1 aromatic carbocycles. The zero-order valence-electron chi connectivity index (χ0n) is 11.8. The molecule has 0 radical (unpaired) electrons. The van der Waals surface area contributed by atoms with Gasteiger partial charge in [-0.2, -0.15) is 0 Å². The molecule has 0 aromatic heterocycles. The molecule has 1 N–H and O–H groups in total. The maximum Gasteiger partial charge on any atom is 0.139 e. The number of hydrogen-bond acceptors (Lipinski definition) is 2. The molecule has 0 spiro atoms. The van der Waals surface area contributed by atoms with E-state index in [1.54, 1.807) is 6.07 Å². The lowest BCUT2D eigenvalue weighted by Crippen LogP contribution is -2.40. The molecular formula is C18H20O2. The lowest BCUT2D eigenvalue weighted by molar-refractivity contribution is -0.128. The fraction of sp³-hybridized carbons (Fsp3) is 0.500. The van der Waals surface area contributed by atoms with Gasteiger partial charge in [-0.1, -0.05) is 25.1 Å². The van der Waals surface area contributed by atoms with Crippen LogP contribution in [0.25, 0.3) is 6.08 Å². The van der Waals surface area contributed by atoms with Crippen LogP contribution >= 0.6 is 0 Å². The van der Waals surface area contributed by atoms with E-state index < -0.39 is 0 Å². The molecule has 0 amide bonds. The highest BCUT2D eigenvalue weighted by molar-refractivity contribution is 5.87. The van der Waals surface area contributed by atoms with E-state index in [1.165, 1.54) is 5.56 Å². The second-order valence-corrected chi connectivity index (χ2v) is 6.88. The van der Waals surface area contributed by atoms with Crippen molar-refractivity contribution in [3.05, 3.63) is 35.4 Å². The van der Waals surface area contributed by atoms with Gasteiger partial charge in [-0.3, -0.25) is 4.79 Å². The average molecular weight is 268 g/mol. The second-order valence-electron chi connectivity index (χ2n) is 6.88. The zero-order chi connectivity index (χ0) is 13.9. The standard InChI is InChI=1S/C18H20O2/c1-18-9-8-14-13-5-3-12(19)10-11(13)2-4-15(14)16(18)6-7-17(18)20/h2-5,10,14-16,19H,6-9H2,1H3/t14?,15?,16?,18-/m0/s1. The van der Waals surface area contributed by atoms with Crippen LogP contribution in [0.4, 0.5) is 0 Å². The summed E-state index contributed by atoms with van der Waals surface area (Å²) in [7, 11) is 0. The van der Waals surface area contributed by atoms with Gasteiger partial charge in [0, 0.05) is 11.8 Å². The highest BCUT2D eigenvalue weighted by Crippen LogP contribution is 2.58. The summed E-state index contributed by atoms with van der Waals surface area (Å²) in [6, 6.07) is 5.73. The van der Waals surface area contributed by atoms with E-state index in [9.17, 15) is 9.90 Å². The largest absolute Gasteiger partial charge is 0.508 e. The summed E-state index contributed by atoms with van der Waals surface area (Å²) in [5, 5.41) is 9.63. The van der Waals surface area contributed by atoms with E-state index >= 15 is 0 Å². The van der Waals surface area contributed by atoms with Crippen molar-refractivity contribution in [1.82, 2.24) is 0 Å². The van der Waals surface area contributed by atoms with Crippen molar-refractivity contribution in [3.63, 3.8) is 0 Å². The molecular weight excluding hydrogens is 248 g/mol. The van der Waals surface area contributed by atoms with Gasteiger partial charge in [0.05, 0.1) is 0 Å². The Bertz CT molecular complexity index is 616. The van der Waals surface area contributed by atoms with Gasteiger partial charge < -0.3 is 5.11 Å². The van der Waals surface area contributed by atoms with Gasteiger partial charge in [0.2, 0.25) is 0 Å². The predicted molar refractivity (Wildman–Crippen MR) is 78.4 cm³/mol. The van der Waals surface area contributed by atoms with E-state index in [2.05, 4.69) is 25.1 Å². The Labute approximate surface area is 119 Å². The van der Waals surface area contributed by atoms with Gasteiger partial charge in [-0.25, -0.2) is 0 Å². The first kappa shape index (κ1) is 12.2. The summed E-state index contributed by atoms with van der Waals surface area (Å²) in [5.74, 6) is 2.35. The quantitative estimate of drug-likeness (QED) is 0.775. The lowest BCUT2D eigenvalue weighted by atomic mass is 9.57. The molecule has 1 aromatic rings. The Hall–Kier alpha value is -1.57. The minimum atomic E-state index is -0.0834. The molecule has 104 valence electrons. The van der Waals surface area contributed by atoms with Crippen LogP contribution in [-0.4, -0.2) is 10.9 Å². The number of Topliss-reactive ketones (excluding diaryl/α,β-unsaturated/α-hetero) is 1. The van der Waals surface area contributed by atoms with Gasteiger partial charge in [0.1, 0.15) is 11.5 Å². The maximum atomic E-state index is 12.2. The zero-order valence-corrected chi connectivity index (χ0v) is 11.8. The molecule has 4 rings (SSSR count). The summed E-state index contributed by atoms with van der Waals surface area (Å²) in [4.78, 5) is 12.2. The van der Waals surface area contributed by atoms with Crippen LogP contribution in [-0.2, 0) is 4.79 Å². The minimum absolute atomic E-state index is 0.0834. The molecule has 20 heavy (non-hydrogen) atoms. The third-order valence-electron chi connectivity index (χ3n) is 6.01. The summed E-state index contributed by atoms with van der Waals surface area (Å²) < 4.78 is 0. The second kappa shape index (κ2) is 3.97. The number of phenols is 1. The molecule has 4 atom stereocenters. The molecule has 2 saturated carbocycles. The number of ketones is 1. The van der Waals surface area contributed by atoms with Crippen LogP contribution in [0.1, 0.15) is 49.7 Å². The van der Waals surface area contributed by atoms with Gasteiger partial charge in [-0.15, -0.1) is 0 Å². The van der Waals surface area contributed by atoms with Crippen LogP contribution in [0.3, 0.4) is 0 Å². The predicted octanol–water partition coefficient (Wildman–Crippen LogP) is 3.90. The number of aromatic hydroxyl groups is 1. The van der Waals surface area contributed by atoms with E-state index in [-0.39, 0.29) is 5.41 Å². The van der Waals surface area contributed by atoms with Crippen LogP contribution in [0.2, 0.25) is 0 Å². The fourth-order valence-corrected chi connectivity index (χ4v) is 4.86. The van der Waals surface area contributed by atoms with Crippen LogP contribution in [0, 0.1) is 17.3 Å². The first-order valence-corrected chi connectivity index (χ1v) is 7.64. The molecule has 0 saturated heterocycles. The number of carbonyl (C=O) groups is 1. The smallest absolute Gasteiger partial charge is 0.139 e. The molecule has 2 fully saturated rings. The van der Waals surface area contributed by atoms with E-state index in [0.29, 0.717) is 29.3 Å². The molecule has 3 aliphatic carbocycles. The molecule has 3 aliphatic rings. The number of carbonyl (C=O) groups excluding carboxylic acids is 1. The fourth-order valence-electron chi connectivity index (χ4n) is 4.86. The van der Waals surface area contributed by atoms with E-state index in [0.717, 1.165) is 31.2 Å². The Balaban J connectivity index is 1.77. The maximum absolute atomic E-state index is 12.2. The Morgan fingerprint density at radius 3 is 3.00 bits per heavy atom. The third kappa shape index (κ3) is 1.48. The van der Waals surface area contributed by atoms with Gasteiger partial charge in [0.25, 0.3) is 0 Å². The summed E-state index contributed by atoms with van der Waals surface area (Å²) in [6.45, 7) is 2.18. The van der Waals surface area contributed by atoms with E-state index in [4.69, 9.17) is 0 Å². The van der Waals surface area contributed by atoms with Crippen molar-refractivity contribution in [2.24, 2.45) is 17.3 Å². The van der Waals surface area contributed by atoms with E-state index in [1.807, 2.05) is 6.07 Å². The first-order chi connectivity index (χ1) is 9.59. The van der Waals surface area contributed by atoms with Crippen molar-refractivity contribution in [1.29, 1.82) is 0 Å². The van der Waals surface area contributed by atoms with Crippen molar-refractivity contribution in [2.45, 2.75) is 38.5 Å². The third-order valence-corrected chi connectivity index (χ3v) is 6.01. The summed E-state index contributed by atoms with van der Waals surface area (Å²) >= 11 is 0. The molecule has 0 aliphatic heterocycles. The number of hydrogen-bond donors (Lipinski definition) is 1. The highest BCUT2D eigenvalue weighted by atomic mass is 16.3. The Kier molecular flexibility index (Phi) is 2.42. The van der Waals surface area contributed by atoms with Gasteiger partial charge in [-0.05, 0) is 60.3 Å². The van der Waals surface area contributed by atoms with Crippen LogP contribution < -0.4 is 0 Å². The SMILES string of the molecule is C[C@]12CCC3c4ccc(O)cc4C=CC3C1CCC2=O. The minimum Gasteiger partial charge on any atom is -0.508 e. The molecule has 2 heteroatoms. The lowest BCUT2D eigenvalue weighted by Gasteiger charge is -2.46. The Morgan fingerprint density at radius 1 is 1.30 bits per heavy atom. The van der Waals surface area contributed by atoms with Crippen molar-refractivity contribution in [2.75, 3.05) is 0 Å². The van der Waals surface area contributed by atoms with Crippen LogP contribution in [0.5, 0.6) is 5.75 Å². The first-order valence-electron chi connectivity index (χ1n) is 7.64. The summed E-state index contributed by atoms with van der Waals surface area (Å²) in [6.07, 6.45) is 8.37. The Morgan fingerprint density at radius 2 is 2.15 bits per heavy atom. The number of allylic oxidation sites excluding steroid dienone is 1. The van der Waals surface area contributed by atoms with Crippen molar-refractivity contribution < 1.29 is 9.90 Å². The number of fused-ring (bicyclic) bond motifs is 5.